The summed E-state index contributed by atoms with van der Waals surface area (Å²) in [4.78, 5) is 11.9. The molecule has 0 spiro atoms. The Labute approximate surface area is 141 Å². The van der Waals surface area contributed by atoms with Gasteiger partial charge in [-0.05, 0) is 62.4 Å². The van der Waals surface area contributed by atoms with Gasteiger partial charge in [0.25, 0.3) is 10.0 Å². The predicted octanol–water partition coefficient (Wildman–Crippen LogP) is 3.06. The molecular formula is C17H19NO5S. The van der Waals surface area contributed by atoms with E-state index in [1.54, 1.807) is 26.0 Å². The number of esters is 1. The first kappa shape index (κ1) is 17.8. The first-order valence-corrected chi connectivity index (χ1v) is 8.78. The average Bonchev–Trinajstić information content (AvgIpc) is 2.54. The summed E-state index contributed by atoms with van der Waals surface area (Å²) in [7, 11) is -2.20. The Bertz CT molecular complexity index is 796. The number of carbonyl (C=O) groups excluding carboxylic acids is 1. The predicted molar refractivity (Wildman–Crippen MR) is 90.8 cm³/mol. The Hall–Kier alpha value is -2.54. The molecule has 0 bridgehead atoms. The molecule has 6 nitrogen and oxygen atoms in total. The van der Waals surface area contributed by atoms with Gasteiger partial charge in [0.1, 0.15) is 5.75 Å². The number of methoxy groups -OCH3 is 1. The molecule has 128 valence electrons. The van der Waals surface area contributed by atoms with Gasteiger partial charge in [0.15, 0.2) is 0 Å². The monoisotopic (exact) mass is 349 g/mol. The lowest BCUT2D eigenvalue weighted by Gasteiger charge is -2.10. The molecule has 0 radical (unpaired) electrons. The van der Waals surface area contributed by atoms with E-state index in [1.165, 1.54) is 43.5 Å². The van der Waals surface area contributed by atoms with Crippen LogP contribution in [0.3, 0.4) is 0 Å². The molecule has 0 saturated carbocycles. The van der Waals surface area contributed by atoms with E-state index in [4.69, 9.17) is 9.47 Å². The Morgan fingerprint density at radius 2 is 1.58 bits per heavy atom. The van der Waals surface area contributed by atoms with Crippen LogP contribution in [0, 0.1) is 0 Å². The van der Waals surface area contributed by atoms with Gasteiger partial charge >= 0.3 is 5.97 Å². The minimum atomic E-state index is -3.71. The zero-order chi connectivity index (χ0) is 17.7. The quantitative estimate of drug-likeness (QED) is 0.811. The number of ether oxygens (including phenoxy) is 2. The second kappa shape index (κ2) is 7.35. The van der Waals surface area contributed by atoms with Crippen LogP contribution in [-0.2, 0) is 14.8 Å². The van der Waals surface area contributed by atoms with Crippen molar-refractivity contribution < 1.29 is 22.7 Å². The minimum absolute atomic E-state index is 0.117. The largest absolute Gasteiger partial charge is 0.497 e. The van der Waals surface area contributed by atoms with E-state index in [0.717, 1.165) is 0 Å². The average molecular weight is 349 g/mol. The van der Waals surface area contributed by atoms with Gasteiger partial charge in [0, 0.05) is 5.69 Å². The zero-order valence-electron chi connectivity index (χ0n) is 13.6. The van der Waals surface area contributed by atoms with Crippen LogP contribution >= 0.6 is 0 Å². The second-order valence-corrected chi connectivity index (χ2v) is 6.99. The van der Waals surface area contributed by atoms with Crippen molar-refractivity contribution in [2.45, 2.75) is 24.8 Å². The molecule has 0 heterocycles. The highest BCUT2D eigenvalue weighted by atomic mass is 32.2. The lowest BCUT2D eigenvalue weighted by Crippen LogP contribution is -2.14. The Morgan fingerprint density at radius 3 is 2.08 bits per heavy atom. The fraction of sp³-hybridized carbons (Fsp3) is 0.235. The van der Waals surface area contributed by atoms with Gasteiger partial charge in [-0.2, -0.15) is 0 Å². The van der Waals surface area contributed by atoms with Crippen LogP contribution < -0.4 is 9.46 Å². The summed E-state index contributed by atoms with van der Waals surface area (Å²) in [6.45, 7) is 3.52. The summed E-state index contributed by atoms with van der Waals surface area (Å²) in [6, 6.07) is 12.1. The molecule has 0 atom stereocenters. The van der Waals surface area contributed by atoms with Crippen LogP contribution in [0.4, 0.5) is 5.69 Å². The van der Waals surface area contributed by atoms with E-state index in [1.807, 2.05) is 0 Å². The fourth-order valence-electron chi connectivity index (χ4n) is 1.93. The van der Waals surface area contributed by atoms with Crippen molar-refractivity contribution in [2.75, 3.05) is 11.8 Å². The molecule has 0 aliphatic carbocycles. The first-order chi connectivity index (χ1) is 11.3. The highest BCUT2D eigenvalue weighted by molar-refractivity contribution is 7.92. The molecule has 0 amide bonds. The Morgan fingerprint density at radius 1 is 1.00 bits per heavy atom. The van der Waals surface area contributed by atoms with Gasteiger partial charge in [0.05, 0.1) is 23.7 Å². The number of benzene rings is 2. The van der Waals surface area contributed by atoms with Gasteiger partial charge in [-0.25, -0.2) is 13.2 Å². The van der Waals surface area contributed by atoms with Crippen LogP contribution in [0.15, 0.2) is 53.4 Å². The third-order valence-corrected chi connectivity index (χ3v) is 4.48. The molecule has 2 aromatic carbocycles. The van der Waals surface area contributed by atoms with Crippen molar-refractivity contribution in [3.8, 4) is 5.75 Å². The molecule has 0 aliphatic rings. The molecule has 2 aromatic rings. The van der Waals surface area contributed by atoms with Gasteiger partial charge < -0.3 is 9.47 Å². The minimum Gasteiger partial charge on any atom is -0.497 e. The number of hydrogen-bond acceptors (Lipinski definition) is 5. The molecule has 2 rings (SSSR count). The first-order valence-electron chi connectivity index (χ1n) is 7.30. The third kappa shape index (κ3) is 4.48. The summed E-state index contributed by atoms with van der Waals surface area (Å²) in [6.07, 6.45) is -0.217. The maximum Gasteiger partial charge on any atom is 0.338 e. The lowest BCUT2D eigenvalue weighted by molar-refractivity contribution is 0.0378. The normalized spacial score (nSPS) is 11.2. The Balaban J connectivity index is 2.13. The van der Waals surface area contributed by atoms with Gasteiger partial charge in [0.2, 0.25) is 0 Å². The molecule has 0 unspecified atom stereocenters. The van der Waals surface area contributed by atoms with Crippen molar-refractivity contribution in [1.82, 2.24) is 0 Å². The van der Waals surface area contributed by atoms with Gasteiger partial charge in [-0.3, -0.25) is 4.72 Å². The number of anilines is 1. The standard InChI is InChI=1S/C17H19NO5S/c1-12(2)23-17(19)13-4-6-14(7-5-13)18-24(20,21)16-10-8-15(22-3)9-11-16/h4-12,18H,1-3H3. The van der Waals surface area contributed by atoms with Gasteiger partial charge in [-0.1, -0.05) is 0 Å². The zero-order valence-corrected chi connectivity index (χ0v) is 14.5. The SMILES string of the molecule is COc1ccc(S(=O)(=O)Nc2ccc(C(=O)OC(C)C)cc2)cc1. The number of rotatable bonds is 6. The van der Waals surface area contributed by atoms with Crippen LogP contribution in [0.5, 0.6) is 5.75 Å². The van der Waals surface area contributed by atoms with Crippen LogP contribution in [-0.4, -0.2) is 27.6 Å². The van der Waals surface area contributed by atoms with Crippen molar-refractivity contribution in [3.05, 3.63) is 54.1 Å². The van der Waals surface area contributed by atoms with Gasteiger partial charge in [-0.15, -0.1) is 0 Å². The summed E-state index contributed by atoms with van der Waals surface area (Å²) in [5.74, 6) is 0.122. The number of carbonyl (C=O) groups is 1. The molecule has 0 aromatic heterocycles. The molecular weight excluding hydrogens is 330 g/mol. The maximum absolute atomic E-state index is 12.3. The molecule has 7 heteroatoms. The van der Waals surface area contributed by atoms with Crippen molar-refractivity contribution in [3.63, 3.8) is 0 Å². The number of hydrogen-bond donors (Lipinski definition) is 1. The number of sulfonamides is 1. The molecule has 0 fully saturated rings. The Kier molecular flexibility index (Phi) is 5.46. The summed E-state index contributed by atoms with van der Waals surface area (Å²) in [5.41, 5.74) is 0.711. The summed E-state index contributed by atoms with van der Waals surface area (Å²) in [5, 5.41) is 0. The molecule has 1 N–H and O–H groups in total. The molecule has 0 saturated heterocycles. The van der Waals surface area contributed by atoms with E-state index in [0.29, 0.717) is 17.0 Å². The third-order valence-electron chi connectivity index (χ3n) is 3.09. The fourth-order valence-corrected chi connectivity index (χ4v) is 2.98. The van der Waals surface area contributed by atoms with E-state index < -0.39 is 16.0 Å². The molecule has 24 heavy (non-hydrogen) atoms. The molecule has 0 aliphatic heterocycles. The highest BCUT2D eigenvalue weighted by Gasteiger charge is 2.15. The van der Waals surface area contributed by atoms with E-state index in [9.17, 15) is 13.2 Å². The second-order valence-electron chi connectivity index (χ2n) is 5.31. The number of nitrogens with one attached hydrogen (secondary N) is 1. The van der Waals surface area contributed by atoms with Crippen molar-refractivity contribution in [1.29, 1.82) is 0 Å². The maximum atomic E-state index is 12.3. The van der Waals surface area contributed by atoms with E-state index >= 15 is 0 Å². The van der Waals surface area contributed by atoms with E-state index in [2.05, 4.69) is 4.72 Å². The smallest absolute Gasteiger partial charge is 0.338 e. The van der Waals surface area contributed by atoms with Crippen LogP contribution in [0.1, 0.15) is 24.2 Å². The highest BCUT2D eigenvalue weighted by Crippen LogP contribution is 2.19. The lowest BCUT2D eigenvalue weighted by atomic mass is 10.2. The van der Waals surface area contributed by atoms with E-state index in [-0.39, 0.29) is 11.0 Å². The van der Waals surface area contributed by atoms with Crippen LogP contribution in [0.25, 0.3) is 0 Å². The topological polar surface area (TPSA) is 81.7 Å². The summed E-state index contributed by atoms with van der Waals surface area (Å²) >= 11 is 0. The van der Waals surface area contributed by atoms with Crippen molar-refractivity contribution >= 4 is 21.7 Å². The summed E-state index contributed by atoms with van der Waals surface area (Å²) < 4.78 is 37.2. The van der Waals surface area contributed by atoms with Crippen molar-refractivity contribution in [2.24, 2.45) is 0 Å². The van der Waals surface area contributed by atoms with Crippen LogP contribution in [0.2, 0.25) is 0 Å².